The number of hydrogen-bond donors (Lipinski definition) is 2. The smallest absolute Gasteiger partial charge is 0.365 e. The van der Waals surface area contributed by atoms with Gasteiger partial charge in [-0.05, 0) is 25.1 Å². The zero-order valence-corrected chi connectivity index (χ0v) is 18.3. The van der Waals surface area contributed by atoms with E-state index >= 15 is 0 Å². The molecule has 0 atom stereocenters. The summed E-state index contributed by atoms with van der Waals surface area (Å²) in [7, 11) is -2.30. The lowest BCUT2D eigenvalue weighted by Crippen LogP contribution is -2.27. The Labute approximate surface area is 183 Å². The maximum atomic E-state index is 13.5. The minimum Gasteiger partial charge on any atom is -0.365 e. The lowest BCUT2D eigenvalue weighted by atomic mass is 10.2. The predicted octanol–water partition coefficient (Wildman–Crippen LogP) is 3.95. The van der Waals surface area contributed by atoms with Crippen molar-refractivity contribution < 1.29 is 21.6 Å². The van der Waals surface area contributed by atoms with Crippen molar-refractivity contribution in [3.63, 3.8) is 0 Å². The van der Waals surface area contributed by atoms with Gasteiger partial charge < -0.3 is 10.6 Å². The van der Waals surface area contributed by atoms with Crippen LogP contribution in [-0.2, 0) is 22.7 Å². The molecule has 0 amide bonds. The fourth-order valence-electron chi connectivity index (χ4n) is 2.75. The summed E-state index contributed by atoms with van der Waals surface area (Å²) in [6.07, 6.45) is -2.98. The monoisotopic (exact) mass is 466 g/mol. The number of halogens is 3. The van der Waals surface area contributed by atoms with Gasteiger partial charge in [-0.2, -0.15) is 18.2 Å². The quantitative estimate of drug-likeness (QED) is 0.544. The first-order valence-corrected chi connectivity index (χ1v) is 11.2. The summed E-state index contributed by atoms with van der Waals surface area (Å²) in [5.41, 5.74) is 0.506. The van der Waals surface area contributed by atoms with Crippen molar-refractivity contribution in [1.29, 1.82) is 0 Å². The van der Waals surface area contributed by atoms with E-state index in [0.717, 1.165) is 10.6 Å². The Balaban J connectivity index is 1.93. The van der Waals surface area contributed by atoms with Gasteiger partial charge in [0.1, 0.15) is 17.2 Å². The molecule has 0 unspecified atom stereocenters. The van der Waals surface area contributed by atoms with Crippen molar-refractivity contribution >= 4 is 33.3 Å². The number of anilines is 4. The number of alkyl halides is 3. The number of rotatable bonds is 7. The number of benzene rings is 1. The van der Waals surface area contributed by atoms with Crippen LogP contribution >= 0.6 is 0 Å². The zero-order valence-electron chi connectivity index (χ0n) is 17.5. The van der Waals surface area contributed by atoms with Crippen LogP contribution in [0, 0.1) is 6.92 Å². The largest absolute Gasteiger partial charge is 0.421 e. The van der Waals surface area contributed by atoms with Crippen molar-refractivity contribution in [3.8, 4) is 0 Å². The molecule has 0 fully saturated rings. The van der Waals surface area contributed by atoms with Gasteiger partial charge in [-0.1, -0.05) is 24.3 Å². The van der Waals surface area contributed by atoms with E-state index in [1.165, 1.54) is 7.05 Å². The Kier molecular flexibility index (Phi) is 6.53. The second kappa shape index (κ2) is 8.99. The van der Waals surface area contributed by atoms with Crippen LogP contribution in [0.4, 0.5) is 36.4 Å². The Morgan fingerprint density at radius 2 is 1.75 bits per heavy atom. The number of aromatic nitrogens is 3. The van der Waals surface area contributed by atoms with E-state index in [-0.39, 0.29) is 18.3 Å². The van der Waals surface area contributed by atoms with Gasteiger partial charge in [0, 0.05) is 36.7 Å². The van der Waals surface area contributed by atoms with E-state index in [1.807, 2.05) is 0 Å². The Morgan fingerprint density at radius 3 is 2.38 bits per heavy atom. The molecule has 0 saturated heterocycles. The Morgan fingerprint density at radius 1 is 1.06 bits per heavy atom. The van der Waals surface area contributed by atoms with Gasteiger partial charge in [-0.15, -0.1) is 0 Å². The van der Waals surface area contributed by atoms with Gasteiger partial charge in [0.15, 0.2) is 0 Å². The third-order valence-corrected chi connectivity index (χ3v) is 5.63. The fourth-order valence-corrected chi connectivity index (χ4v) is 3.23. The number of aryl methyl sites for hydroxylation is 1. The molecule has 12 heteroatoms. The van der Waals surface area contributed by atoms with Crippen LogP contribution in [0.3, 0.4) is 0 Å². The third kappa shape index (κ3) is 5.63. The SMILES string of the molecule is Cc1ccc(CNc2nc(Nc3ccccc3)ncc2C(F)(F)F)c(N(C)S(C)(=O)=O)n1. The van der Waals surface area contributed by atoms with E-state index in [0.29, 0.717) is 23.1 Å². The summed E-state index contributed by atoms with van der Waals surface area (Å²) in [6.45, 7) is 1.54. The first-order chi connectivity index (χ1) is 14.9. The highest BCUT2D eigenvalue weighted by Crippen LogP contribution is 2.34. The van der Waals surface area contributed by atoms with E-state index in [4.69, 9.17) is 0 Å². The molecule has 0 radical (unpaired) electrons. The number of pyridine rings is 1. The summed E-state index contributed by atoms with van der Waals surface area (Å²) >= 11 is 0. The fraction of sp³-hybridized carbons (Fsp3) is 0.250. The van der Waals surface area contributed by atoms with Crippen molar-refractivity contribution in [3.05, 3.63) is 65.5 Å². The summed E-state index contributed by atoms with van der Waals surface area (Å²) in [5, 5.41) is 5.50. The van der Waals surface area contributed by atoms with Crippen molar-refractivity contribution in [1.82, 2.24) is 15.0 Å². The van der Waals surface area contributed by atoms with E-state index in [2.05, 4.69) is 25.6 Å². The molecule has 2 N–H and O–H groups in total. The highest BCUT2D eigenvalue weighted by atomic mass is 32.2. The molecule has 0 spiro atoms. The van der Waals surface area contributed by atoms with Crippen molar-refractivity contribution in [2.24, 2.45) is 0 Å². The average molecular weight is 466 g/mol. The molecule has 3 rings (SSSR count). The Bertz CT molecular complexity index is 1200. The number of sulfonamides is 1. The molecular weight excluding hydrogens is 445 g/mol. The standard InChI is InChI=1S/C20H21F3N6O2S/c1-13-9-10-14(18(26-13)29(2)32(3,30)31)11-24-17-16(20(21,22)23)12-25-19(28-17)27-15-7-5-4-6-8-15/h4-10,12H,11H2,1-3H3,(H2,24,25,27,28). The molecule has 0 saturated carbocycles. The van der Waals surface area contributed by atoms with Gasteiger partial charge in [0.05, 0.1) is 6.26 Å². The maximum Gasteiger partial charge on any atom is 0.421 e. The second-order valence-electron chi connectivity index (χ2n) is 6.96. The van der Waals surface area contributed by atoms with Crippen molar-refractivity contribution in [2.75, 3.05) is 28.2 Å². The molecule has 8 nitrogen and oxygen atoms in total. The molecule has 2 heterocycles. The number of nitrogens with zero attached hydrogens (tertiary/aromatic N) is 4. The van der Waals surface area contributed by atoms with Crippen LogP contribution in [0.5, 0.6) is 0 Å². The molecule has 32 heavy (non-hydrogen) atoms. The van der Waals surface area contributed by atoms with Crippen LogP contribution in [0.15, 0.2) is 48.7 Å². The molecule has 0 bridgehead atoms. The van der Waals surface area contributed by atoms with Crippen LogP contribution < -0.4 is 14.9 Å². The highest BCUT2D eigenvalue weighted by molar-refractivity contribution is 7.92. The van der Waals surface area contributed by atoms with Gasteiger partial charge in [0.25, 0.3) is 0 Å². The molecule has 3 aromatic rings. The molecule has 0 aliphatic carbocycles. The number of nitrogens with one attached hydrogen (secondary N) is 2. The number of hydrogen-bond acceptors (Lipinski definition) is 7. The van der Waals surface area contributed by atoms with E-state index in [1.54, 1.807) is 49.4 Å². The number of para-hydroxylation sites is 1. The first-order valence-electron chi connectivity index (χ1n) is 9.36. The van der Waals surface area contributed by atoms with Crippen LogP contribution in [0.1, 0.15) is 16.8 Å². The third-order valence-electron chi connectivity index (χ3n) is 4.46. The molecule has 170 valence electrons. The van der Waals surface area contributed by atoms with E-state index < -0.39 is 27.6 Å². The lowest BCUT2D eigenvalue weighted by Gasteiger charge is -2.20. The van der Waals surface area contributed by atoms with Gasteiger partial charge in [-0.25, -0.2) is 18.4 Å². The summed E-state index contributed by atoms with van der Waals surface area (Å²) in [5.74, 6) is -0.355. The summed E-state index contributed by atoms with van der Waals surface area (Å²) in [6, 6.07) is 12.0. The topological polar surface area (TPSA) is 100 Å². The minimum absolute atomic E-state index is 0.0257. The van der Waals surface area contributed by atoms with Crippen molar-refractivity contribution in [2.45, 2.75) is 19.6 Å². The zero-order chi connectivity index (χ0) is 23.5. The second-order valence-corrected chi connectivity index (χ2v) is 8.98. The Hall–Kier alpha value is -3.41. The minimum atomic E-state index is -4.69. The average Bonchev–Trinajstić information content (AvgIpc) is 2.71. The molecule has 2 aromatic heterocycles. The van der Waals surface area contributed by atoms with Gasteiger partial charge >= 0.3 is 6.18 Å². The van der Waals surface area contributed by atoms with Crippen LogP contribution in [0.25, 0.3) is 0 Å². The molecular formula is C20H21F3N6O2S. The molecule has 0 aliphatic rings. The molecule has 0 aliphatic heterocycles. The normalized spacial score (nSPS) is 11.8. The molecule has 1 aromatic carbocycles. The highest BCUT2D eigenvalue weighted by Gasteiger charge is 2.35. The lowest BCUT2D eigenvalue weighted by molar-refractivity contribution is -0.137. The summed E-state index contributed by atoms with van der Waals surface area (Å²) in [4.78, 5) is 12.0. The van der Waals surface area contributed by atoms with Gasteiger partial charge in [0.2, 0.25) is 16.0 Å². The van der Waals surface area contributed by atoms with Gasteiger partial charge in [-0.3, -0.25) is 4.31 Å². The maximum absolute atomic E-state index is 13.5. The van der Waals surface area contributed by atoms with Crippen LogP contribution in [-0.4, -0.2) is 36.7 Å². The first kappa shape index (κ1) is 23.3. The van der Waals surface area contributed by atoms with E-state index in [9.17, 15) is 21.6 Å². The van der Waals surface area contributed by atoms with Crippen LogP contribution in [0.2, 0.25) is 0 Å². The predicted molar refractivity (Wildman–Crippen MR) is 116 cm³/mol. The summed E-state index contributed by atoms with van der Waals surface area (Å²) < 4.78 is 65.4.